The van der Waals surface area contributed by atoms with E-state index in [2.05, 4.69) is 114 Å². The minimum Gasteiger partial charge on any atom is -0.398 e. The van der Waals surface area contributed by atoms with E-state index >= 15 is 0 Å². The standard InChI is InChI=1S/C30H20N2.C15H12N2/c31-27-16-15-22(18-28(27)32)30-25-11-5-3-9-23(25)29(24-10-4-6-12-26(24)30)21-14-13-19-7-1-2-8-20(19)17-21;16-15-8-7-12(11-4-3-9-17-10-11)13-5-1-2-6-14(13)15/h1-18,31-32H;1-10H,16H2. The minimum absolute atomic E-state index is 0.245. The fourth-order valence-electron chi connectivity index (χ4n) is 6.89. The average molecular weight is 629 g/mol. The molecule has 0 aliphatic heterocycles. The van der Waals surface area contributed by atoms with Gasteiger partial charge in [0, 0.05) is 29.0 Å². The first-order chi connectivity index (χ1) is 24.1. The number of fused-ring (bicyclic) bond motifs is 4. The number of nitrogens with two attached hydrogens (primary N) is 1. The molecule has 0 saturated heterocycles. The molecule has 0 saturated carbocycles. The number of pyridine rings is 1. The van der Waals surface area contributed by atoms with Gasteiger partial charge in [0.2, 0.25) is 0 Å². The van der Waals surface area contributed by atoms with Gasteiger partial charge in [0.1, 0.15) is 0 Å². The molecular weight excluding hydrogens is 597 g/mol. The zero-order valence-electron chi connectivity index (χ0n) is 26.7. The van der Waals surface area contributed by atoms with Crippen molar-refractivity contribution in [1.82, 2.24) is 4.98 Å². The number of allylic oxidation sites excluding steroid dienone is 4. The third-order valence-electron chi connectivity index (χ3n) is 9.21. The Bertz CT molecular complexity index is 2590. The van der Waals surface area contributed by atoms with Crippen LogP contribution in [0.2, 0.25) is 0 Å². The van der Waals surface area contributed by atoms with Gasteiger partial charge in [0.25, 0.3) is 0 Å². The summed E-state index contributed by atoms with van der Waals surface area (Å²) in [7, 11) is 0. The highest BCUT2D eigenvalue weighted by Gasteiger charge is 2.19. The van der Waals surface area contributed by atoms with Gasteiger partial charge in [-0.05, 0) is 95.9 Å². The van der Waals surface area contributed by atoms with E-state index in [4.69, 9.17) is 16.6 Å². The highest BCUT2D eigenvalue weighted by atomic mass is 14.6. The number of anilines is 1. The number of nitrogens with zero attached hydrogens (tertiary/aromatic N) is 1. The van der Waals surface area contributed by atoms with Crippen LogP contribution in [-0.2, 0) is 0 Å². The summed E-state index contributed by atoms with van der Waals surface area (Å²) in [4.78, 5) is 4.16. The van der Waals surface area contributed by atoms with E-state index in [9.17, 15) is 0 Å². The van der Waals surface area contributed by atoms with Gasteiger partial charge in [0.15, 0.2) is 0 Å². The molecule has 4 heteroatoms. The van der Waals surface area contributed by atoms with Crippen LogP contribution in [0.5, 0.6) is 0 Å². The Balaban J connectivity index is 0.000000172. The van der Waals surface area contributed by atoms with Crippen LogP contribution in [-0.4, -0.2) is 16.4 Å². The van der Waals surface area contributed by atoms with Crippen molar-refractivity contribution in [3.63, 3.8) is 0 Å². The summed E-state index contributed by atoms with van der Waals surface area (Å²) in [5, 5.41) is 25.5. The predicted molar refractivity (Wildman–Crippen MR) is 209 cm³/mol. The summed E-state index contributed by atoms with van der Waals surface area (Å²) >= 11 is 0. The Kier molecular flexibility index (Phi) is 7.59. The molecule has 1 aliphatic carbocycles. The Labute approximate surface area is 284 Å². The normalized spacial score (nSPS) is 12.7. The molecule has 232 valence electrons. The molecule has 7 aromatic carbocycles. The lowest BCUT2D eigenvalue weighted by atomic mass is 9.84. The van der Waals surface area contributed by atoms with E-state index in [1.165, 1.54) is 43.6 Å². The maximum absolute atomic E-state index is 8.19. The molecule has 0 unspecified atom stereocenters. The molecule has 0 spiro atoms. The first-order valence-electron chi connectivity index (χ1n) is 16.2. The molecule has 8 aromatic rings. The van der Waals surface area contributed by atoms with Crippen molar-refractivity contribution in [3.05, 3.63) is 176 Å². The smallest absolute Gasteiger partial charge is 0.0795 e. The monoisotopic (exact) mass is 628 g/mol. The molecule has 49 heavy (non-hydrogen) atoms. The average Bonchev–Trinajstić information content (AvgIpc) is 3.16. The summed E-state index contributed by atoms with van der Waals surface area (Å²) < 4.78 is 0. The van der Waals surface area contributed by atoms with Crippen molar-refractivity contribution in [2.24, 2.45) is 0 Å². The number of nitrogens with one attached hydrogen (secondary N) is 2. The first-order valence-corrected chi connectivity index (χ1v) is 16.2. The van der Waals surface area contributed by atoms with Crippen molar-refractivity contribution in [2.75, 3.05) is 5.73 Å². The maximum atomic E-state index is 8.19. The van der Waals surface area contributed by atoms with Crippen LogP contribution in [0.25, 0.3) is 70.9 Å². The predicted octanol–water partition coefficient (Wildman–Crippen LogP) is 11.3. The van der Waals surface area contributed by atoms with Crippen molar-refractivity contribution in [2.45, 2.75) is 0 Å². The SMILES string of the molecule is N=C1C=CC(c2c3ccccc3c(-c3ccc4ccccc4c3)c3ccccc23)=CC1=N.Nc1ccc(-c2cccnc2)c2ccccc12. The molecule has 9 rings (SSSR count). The fraction of sp³-hybridized carbons (Fsp3) is 0. The van der Waals surface area contributed by atoms with E-state index in [-0.39, 0.29) is 11.4 Å². The zero-order valence-corrected chi connectivity index (χ0v) is 26.7. The van der Waals surface area contributed by atoms with Crippen LogP contribution in [0.4, 0.5) is 5.69 Å². The van der Waals surface area contributed by atoms with Crippen LogP contribution in [0.1, 0.15) is 5.56 Å². The van der Waals surface area contributed by atoms with E-state index < -0.39 is 0 Å². The van der Waals surface area contributed by atoms with Gasteiger partial charge >= 0.3 is 0 Å². The van der Waals surface area contributed by atoms with Gasteiger partial charge in [-0.2, -0.15) is 0 Å². The minimum atomic E-state index is 0.245. The second-order valence-corrected chi connectivity index (χ2v) is 12.2. The molecule has 1 aromatic heterocycles. The highest BCUT2D eigenvalue weighted by molar-refractivity contribution is 6.50. The van der Waals surface area contributed by atoms with E-state index in [1.54, 1.807) is 12.3 Å². The highest BCUT2D eigenvalue weighted by Crippen LogP contribution is 2.43. The lowest BCUT2D eigenvalue weighted by Crippen LogP contribution is -2.10. The number of aromatic nitrogens is 1. The van der Waals surface area contributed by atoms with Crippen LogP contribution in [0, 0.1) is 10.8 Å². The topological polar surface area (TPSA) is 86.6 Å². The van der Waals surface area contributed by atoms with Crippen LogP contribution in [0.3, 0.4) is 0 Å². The van der Waals surface area contributed by atoms with Crippen LogP contribution < -0.4 is 5.73 Å². The Morgan fingerprint density at radius 3 is 1.73 bits per heavy atom. The third-order valence-corrected chi connectivity index (χ3v) is 9.21. The van der Waals surface area contributed by atoms with Crippen LogP contribution in [0.15, 0.2) is 170 Å². The Morgan fingerprint density at radius 1 is 0.469 bits per heavy atom. The van der Waals surface area contributed by atoms with Crippen molar-refractivity contribution in [1.29, 1.82) is 10.8 Å². The summed E-state index contributed by atoms with van der Waals surface area (Å²) in [5.74, 6) is 0. The lowest BCUT2D eigenvalue weighted by Gasteiger charge is -2.19. The molecule has 4 N–H and O–H groups in total. The molecule has 0 amide bonds. The molecule has 1 heterocycles. The number of rotatable bonds is 3. The molecular formula is C45H32N4. The summed E-state index contributed by atoms with van der Waals surface area (Å²) in [6, 6.07) is 48.4. The second-order valence-electron chi connectivity index (χ2n) is 12.2. The van der Waals surface area contributed by atoms with E-state index in [0.29, 0.717) is 0 Å². The molecule has 4 nitrogen and oxygen atoms in total. The lowest BCUT2D eigenvalue weighted by molar-refractivity contribution is 1.33. The molecule has 0 fully saturated rings. The van der Waals surface area contributed by atoms with Crippen LogP contribution >= 0.6 is 0 Å². The van der Waals surface area contributed by atoms with Gasteiger partial charge in [0.05, 0.1) is 11.4 Å². The quantitative estimate of drug-likeness (QED) is 0.103. The van der Waals surface area contributed by atoms with Gasteiger partial charge in [-0.25, -0.2) is 0 Å². The largest absolute Gasteiger partial charge is 0.398 e. The second kappa shape index (κ2) is 12.5. The zero-order chi connectivity index (χ0) is 33.3. The van der Waals surface area contributed by atoms with Crippen molar-refractivity contribution < 1.29 is 0 Å². The van der Waals surface area contributed by atoms with Crippen molar-refractivity contribution >= 4 is 65.8 Å². The van der Waals surface area contributed by atoms with Gasteiger partial charge in [-0.3, -0.25) is 15.8 Å². The molecule has 0 atom stereocenters. The maximum Gasteiger partial charge on any atom is 0.0795 e. The number of hydrogen-bond donors (Lipinski definition) is 3. The van der Waals surface area contributed by atoms with Gasteiger partial charge in [-0.15, -0.1) is 0 Å². The molecule has 0 bridgehead atoms. The van der Waals surface area contributed by atoms with Gasteiger partial charge in [-0.1, -0.05) is 127 Å². The first kappa shape index (κ1) is 29.7. The molecule has 0 radical (unpaired) electrons. The third kappa shape index (κ3) is 5.45. The summed E-state index contributed by atoms with van der Waals surface area (Å²) in [6.45, 7) is 0. The number of hydrogen-bond acceptors (Lipinski definition) is 4. The number of nitrogen functional groups attached to an aromatic ring is 1. The molecule has 1 aliphatic rings. The Morgan fingerprint density at radius 2 is 1.08 bits per heavy atom. The number of benzene rings is 7. The Hall–Kier alpha value is -6.65. The van der Waals surface area contributed by atoms with Crippen molar-refractivity contribution in [3.8, 4) is 22.3 Å². The summed E-state index contributed by atoms with van der Waals surface area (Å²) in [5.41, 5.74) is 14.1. The van der Waals surface area contributed by atoms with Gasteiger partial charge < -0.3 is 5.73 Å². The van der Waals surface area contributed by atoms with E-state index in [1.807, 2.05) is 48.7 Å². The fourth-order valence-corrected chi connectivity index (χ4v) is 6.89. The summed E-state index contributed by atoms with van der Waals surface area (Å²) in [6.07, 6.45) is 9.15. The van der Waals surface area contributed by atoms with E-state index in [0.717, 1.165) is 38.5 Å².